The maximum atomic E-state index is 12.9. The smallest absolute Gasteiger partial charge is 0.493 e. The number of rotatable bonds is 3. The van der Waals surface area contributed by atoms with Crippen molar-refractivity contribution < 1.29 is 17.7 Å². The standard InChI is InChI=1S/C12H15BF3O/c1-9-6-7-12(11(8-9)13(14,15)16)17-10-4-2-3-5-10/h6-8,10H,2-5H2,1H3/q-1. The zero-order valence-electron chi connectivity index (χ0n) is 9.76. The molecule has 1 saturated carbocycles. The zero-order chi connectivity index (χ0) is 12.5. The summed E-state index contributed by atoms with van der Waals surface area (Å²) >= 11 is 0. The van der Waals surface area contributed by atoms with Gasteiger partial charge in [0.1, 0.15) is 0 Å². The van der Waals surface area contributed by atoms with E-state index in [0.29, 0.717) is 5.56 Å². The van der Waals surface area contributed by atoms with Crippen LogP contribution < -0.4 is 10.2 Å². The van der Waals surface area contributed by atoms with Gasteiger partial charge in [-0.3, -0.25) is 0 Å². The van der Waals surface area contributed by atoms with Gasteiger partial charge in [0.2, 0.25) is 0 Å². The van der Waals surface area contributed by atoms with E-state index in [1.807, 2.05) is 0 Å². The Morgan fingerprint density at radius 3 is 2.41 bits per heavy atom. The van der Waals surface area contributed by atoms with Gasteiger partial charge < -0.3 is 17.7 Å². The molecule has 0 aromatic heterocycles. The van der Waals surface area contributed by atoms with Gasteiger partial charge in [-0.1, -0.05) is 23.2 Å². The zero-order valence-corrected chi connectivity index (χ0v) is 9.76. The Balaban J connectivity index is 2.25. The van der Waals surface area contributed by atoms with Crippen molar-refractivity contribution in [3.8, 4) is 5.75 Å². The Hall–Kier alpha value is -1.13. The van der Waals surface area contributed by atoms with Crippen LogP contribution in [-0.2, 0) is 0 Å². The van der Waals surface area contributed by atoms with Crippen LogP contribution in [0.1, 0.15) is 31.2 Å². The van der Waals surface area contributed by atoms with E-state index in [9.17, 15) is 12.9 Å². The summed E-state index contributed by atoms with van der Waals surface area (Å²) < 4.78 is 44.1. The van der Waals surface area contributed by atoms with Crippen molar-refractivity contribution >= 4 is 12.4 Å². The quantitative estimate of drug-likeness (QED) is 0.739. The first-order valence-corrected chi connectivity index (χ1v) is 5.94. The summed E-state index contributed by atoms with van der Waals surface area (Å²) in [6, 6.07) is 4.28. The molecule has 1 fully saturated rings. The van der Waals surface area contributed by atoms with E-state index in [1.54, 1.807) is 13.0 Å². The maximum absolute atomic E-state index is 12.9. The summed E-state index contributed by atoms with van der Waals surface area (Å²) in [5.74, 6) is -0.00463. The van der Waals surface area contributed by atoms with Gasteiger partial charge in [0.05, 0.1) is 11.9 Å². The lowest BCUT2D eigenvalue weighted by Crippen LogP contribution is -2.36. The second kappa shape index (κ2) is 4.63. The highest BCUT2D eigenvalue weighted by Crippen LogP contribution is 2.25. The molecule has 0 unspecified atom stereocenters. The molecule has 0 radical (unpaired) electrons. The molecule has 0 atom stereocenters. The Bertz CT molecular complexity index is 397. The van der Waals surface area contributed by atoms with E-state index in [4.69, 9.17) is 4.74 Å². The third kappa shape index (κ3) is 2.96. The minimum atomic E-state index is -5.00. The first-order valence-electron chi connectivity index (χ1n) is 5.94. The third-order valence-corrected chi connectivity index (χ3v) is 3.11. The maximum Gasteiger partial charge on any atom is 0.513 e. The molecule has 5 heteroatoms. The topological polar surface area (TPSA) is 9.23 Å². The number of hydrogen-bond acceptors (Lipinski definition) is 1. The molecule has 2 rings (SSSR count). The minimum Gasteiger partial charge on any atom is -0.493 e. The Labute approximate surface area is 99.0 Å². The summed E-state index contributed by atoms with van der Waals surface area (Å²) in [5.41, 5.74) is 0.00914. The minimum absolute atomic E-state index is 0.00463. The van der Waals surface area contributed by atoms with Crippen LogP contribution >= 0.6 is 0 Å². The number of benzene rings is 1. The average Bonchev–Trinajstić information content (AvgIpc) is 2.72. The molecule has 94 valence electrons. The number of halogens is 3. The Kier molecular flexibility index (Phi) is 3.36. The molecule has 1 aromatic rings. The lowest BCUT2D eigenvalue weighted by molar-refractivity contribution is 0.211. The summed E-state index contributed by atoms with van der Waals surface area (Å²) in [5, 5.41) is 0. The first-order chi connectivity index (χ1) is 7.97. The molecule has 17 heavy (non-hydrogen) atoms. The van der Waals surface area contributed by atoms with E-state index in [0.717, 1.165) is 25.7 Å². The van der Waals surface area contributed by atoms with Gasteiger partial charge in [-0.25, -0.2) is 0 Å². The van der Waals surface area contributed by atoms with Crippen molar-refractivity contribution in [2.24, 2.45) is 0 Å². The molecule has 0 bridgehead atoms. The van der Waals surface area contributed by atoms with E-state index >= 15 is 0 Å². The summed E-state index contributed by atoms with van der Waals surface area (Å²) in [6.07, 6.45) is 3.76. The molecule has 0 heterocycles. The van der Waals surface area contributed by atoms with Crippen LogP contribution in [0.5, 0.6) is 5.75 Å². The molecule has 0 amide bonds. The van der Waals surface area contributed by atoms with Crippen molar-refractivity contribution in [2.75, 3.05) is 0 Å². The molecule has 0 N–H and O–H groups in total. The van der Waals surface area contributed by atoms with Crippen molar-refractivity contribution in [3.05, 3.63) is 23.8 Å². The van der Waals surface area contributed by atoms with E-state index in [2.05, 4.69) is 0 Å². The first kappa shape index (κ1) is 12.3. The molecule has 0 saturated heterocycles. The van der Waals surface area contributed by atoms with Crippen LogP contribution in [0.3, 0.4) is 0 Å². The summed E-state index contributed by atoms with van der Waals surface area (Å²) in [7, 11) is 0. The van der Waals surface area contributed by atoms with Crippen LogP contribution in [0.4, 0.5) is 12.9 Å². The highest BCUT2D eigenvalue weighted by atomic mass is 19.4. The highest BCUT2D eigenvalue weighted by molar-refractivity contribution is 6.74. The lowest BCUT2D eigenvalue weighted by Gasteiger charge is -2.23. The van der Waals surface area contributed by atoms with E-state index in [-0.39, 0.29) is 11.9 Å². The average molecular weight is 243 g/mol. The Morgan fingerprint density at radius 2 is 1.82 bits per heavy atom. The van der Waals surface area contributed by atoms with Crippen LogP contribution in [0.2, 0.25) is 0 Å². The SMILES string of the molecule is Cc1ccc(OC2CCCC2)c([B-](F)(F)F)c1. The summed E-state index contributed by atoms with van der Waals surface area (Å²) in [6.45, 7) is -3.35. The fraction of sp³-hybridized carbons (Fsp3) is 0.500. The van der Waals surface area contributed by atoms with Gasteiger partial charge in [-0.15, -0.1) is 0 Å². The number of hydrogen-bond donors (Lipinski definition) is 0. The van der Waals surface area contributed by atoms with E-state index in [1.165, 1.54) is 12.1 Å². The van der Waals surface area contributed by atoms with Gasteiger partial charge in [-0.05, 0) is 38.7 Å². The predicted octanol–water partition coefficient (Wildman–Crippen LogP) is 3.37. The van der Waals surface area contributed by atoms with Crippen molar-refractivity contribution in [1.29, 1.82) is 0 Å². The number of ether oxygens (including phenoxy) is 1. The molecule has 0 spiro atoms. The Morgan fingerprint density at radius 1 is 1.18 bits per heavy atom. The third-order valence-electron chi connectivity index (χ3n) is 3.11. The second-order valence-electron chi connectivity index (χ2n) is 4.64. The largest absolute Gasteiger partial charge is 0.513 e. The molecule has 1 nitrogen and oxygen atoms in total. The van der Waals surface area contributed by atoms with Crippen molar-refractivity contribution in [2.45, 2.75) is 38.7 Å². The van der Waals surface area contributed by atoms with Crippen LogP contribution in [0, 0.1) is 6.92 Å². The van der Waals surface area contributed by atoms with E-state index < -0.39 is 12.4 Å². The van der Waals surface area contributed by atoms with Gasteiger partial charge in [0, 0.05) is 0 Å². The van der Waals surface area contributed by atoms with Gasteiger partial charge >= 0.3 is 6.98 Å². The monoisotopic (exact) mass is 243 g/mol. The lowest BCUT2D eigenvalue weighted by atomic mass is 9.78. The van der Waals surface area contributed by atoms with Crippen LogP contribution in [0.25, 0.3) is 0 Å². The predicted molar refractivity (Wildman–Crippen MR) is 62.8 cm³/mol. The van der Waals surface area contributed by atoms with Crippen molar-refractivity contribution in [3.63, 3.8) is 0 Å². The fourth-order valence-corrected chi connectivity index (χ4v) is 2.22. The molecular weight excluding hydrogens is 228 g/mol. The second-order valence-corrected chi connectivity index (χ2v) is 4.64. The normalized spacial score (nSPS) is 17.4. The molecule has 1 aliphatic rings. The summed E-state index contributed by atoms with van der Waals surface area (Å²) in [4.78, 5) is 0. The molecule has 1 aromatic carbocycles. The van der Waals surface area contributed by atoms with Crippen LogP contribution in [0.15, 0.2) is 18.2 Å². The molecule has 0 aliphatic heterocycles. The molecule has 1 aliphatic carbocycles. The molecular formula is C12H15BF3O-. The highest BCUT2D eigenvalue weighted by Gasteiger charge is 2.30. The number of aryl methyl sites for hydroxylation is 1. The van der Waals surface area contributed by atoms with Gasteiger partial charge in [0.25, 0.3) is 0 Å². The van der Waals surface area contributed by atoms with Crippen LogP contribution in [-0.4, -0.2) is 13.1 Å². The van der Waals surface area contributed by atoms with Crippen molar-refractivity contribution in [1.82, 2.24) is 0 Å². The fourth-order valence-electron chi connectivity index (χ4n) is 2.22. The van der Waals surface area contributed by atoms with Gasteiger partial charge in [-0.2, -0.15) is 0 Å². The van der Waals surface area contributed by atoms with Gasteiger partial charge in [0.15, 0.2) is 0 Å².